The Labute approximate surface area is 125 Å². The molecule has 1 aromatic carbocycles. The van der Waals surface area contributed by atoms with Gasteiger partial charge in [-0.15, -0.1) is 12.4 Å². The first-order valence-electron chi connectivity index (χ1n) is 5.99. The van der Waals surface area contributed by atoms with Crippen LogP contribution in [0.15, 0.2) is 23.2 Å². The first kappa shape index (κ1) is 17.8. The first-order chi connectivity index (χ1) is 9.02. The lowest BCUT2D eigenvalue weighted by Gasteiger charge is -2.11. The van der Waals surface area contributed by atoms with E-state index in [0.29, 0.717) is 6.42 Å². The van der Waals surface area contributed by atoms with Crippen molar-refractivity contribution in [3.8, 4) is 12.0 Å². The van der Waals surface area contributed by atoms with E-state index in [2.05, 4.69) is 27.6 Å². The van der Waals surface area contributed by atoms with Crippen LogP contribution in [0.3, 0.4) is 0 Å². The third-order valence-corrected chi connectivity index (χ3v) is 2.30. The number of hydrogen-bond acceptors (Lipinski definition) is 2. The Morgan fingerprint density at radius 3 is 2.65 bits per heavy atom. The van der Waals surface area contributed by atoms with E-state index in [1.807, 2.05) is 39.0 Å². The summed E-state index contributed by atoms with van der Waals surface area (Å²) in [5.41, 5.74) is 8.14. The van der Waals surface area contributed by atoms with E-state index in [1.165, 1.54) is 0 Å². The largest absolute Gasteiger partial charge is 0.351 e. The fourth-order valence-corrected chi connectivity index (χ4v) is 1.46. The molecule has 0 unspecified atom stereocenters. The Bertz CT molecular complexity index is 558. The van der Waals surface area contributed by atoms with Crippen LogP contribution in [0.25, 0.3) is 0 Å². The highest BCUT2D eigenvalue weighted by Crippen LogP contribution is 2.15. The molecular formula is C14H19ClN4O. The summed E-state index contributed by atoms with van der Waals surface area (Å²) in [5, 5.41) is 5.40. The zero-order chi connectivity index (χ0) is 14.3. The molecule has 0 bridgehead atoms. The highest BCUT2D eigenvalue weighted by Gasteiger charge is 2.04. The van der Waals surface area contributed by atoms with E-state index < -0.39 is 6.03 Å². The van der Waals surface area contributed by atoms with Crippen molar-refractivity contribution in [3.63, 3.8) is 0 Å². The maximum atomic E-state index is 10.9. The maximum Gasteiger partial charge on any atom is 0.318 e. The Morgan fingerprint density at radius 2 is 2.10 bits per heavy atom. The number of hydrogen-bond donors (Lipinski definition) is 3. The molecule has 0 atom stereocenters. The number of nitrogens with zero attached hydrogens (tertiary/aromatic N) is 1. The van der Waals surface area contributed by atoms with Gasteiger partial charge in [0, 0.05) is 18.2 Å². The van der Waals surface area contributed by atoms with Gasteiger partial charge in [0.05, 0.1) is 0 Å². The van der Waals surface area contributed by atoms with Crippen LogP contribution < -0.4 is 16.4 Å². The number of rotatable bonds is 1. The Kier molecular flexibility index (Phi) is 7.87. The number of urea groups is 1. The first-order valence-corrected chi connectivity index (χ1v) is 5.99. The number of halogens is 1. The van der Waals surface area contributed by atoms with E-state index in [1.54, 1.807) is 0 Å². The average Bonchev–Trinajstić information content (AvgIpc) is 2.32. The smallest absolute Gasteiger partial charge is 0.318 e. The van der Waals surface area contributed by atoms with Crippen LogP contribution in [0.2, 0.25) is 0 Å². The van der Waals surface area contributed by atoms with Gasteiger partial charge in [-0.25, -0.2) is 4.79 Å². The molecule has 6 heteroatoms. The molecule has 1 aromatic rings. The zero-order valence-corrected chi connectivity index (χ0v) is 12.6. The van der Waals surface area contributed by atoms with E-state index in [-0.39, 0.29) is 18.4 Å². The van der Waals surface area contributed by atoms with Gasteiger partial charge in [-0.3, -0.25) is 5.32 Å². The second-order valence-corrected chi connectivity index (χ2v) is 4.04. The number of carbonyl (C=O) groups is 1. The van der Waals surface area contributed by atoms with Gasteiger partial charge in [-0.2, -0.15) is 4.99 Å². The minimum Gasteiger partial charge on any atom is -0.351 e. The molecular weight excluding hydrogens is 276 g/mol. The van der Waals surface area contributed by atoms with Crippen LogP contribution >= 0.6 is 12.4 Å². The lowest BCUT2D eigenvalue weighted by molar-refractivity contribution is 0.253. The number of primary amides is 1. The van der Waals surface area contributed by atoms with Gasteiger partial charge in [-0.1, -0.05) is 30.5 Å². The van der Waals surface area contributed by atoms with Crippen LogP contribution in [-0.4, -0.2) is 12.0 Å². The number of carbonyl (C=O) groups excluding carboxylic acids is 1. The third kappa shape index (κ3) is 6.12. The molecule has 0 saturated carbocycles. The number of benzene rings is 1. The summed E-state index contributed by atoms with van der Waals surface area (Å²) in [7, 11) is 0. The molecule has 108 valence electrons. The molecule has 0 fully saturated rings. The molecule has 1 rings (SSSR count). The van der Waals surface area contributed by atoms with Crippen LogP contribution in [0.5, 0.6) is 0 Å². The molecule has 4 N–H and O–H groups in total. The highest BCUT2D eigenvalue weighted by atomic mass is 35.5. The second-order valence-electron chi connectivity index (χ2n) is 4.04. The topological polar surface area (TPSA) is 79.5 Å². The quantitative estimate of drug-likeness (QED) is 0.423. The summed E-state index contributed by atoms with van der Waals surface area (Å²) >= 11 is 0. The number of amides is 2. The normalized spacial score (nSPS) is 9.85. The van der Waals surface area contributed by atoms with Gasteiger partial charge in [0.2, 0.25) is 5.96 Å². The fourth-order valence-electron chi connectivity index (χ4n) is 1.46. The van der Waals surface area contributed by atoms with Crippen LogP contribution in [0.1, 0.15) is 24.5 Å². The summed E-state index contributed by atoms with van der Waals surface area (Å²) < 4.78 is 0. The van der Waals surface area contributed by atoms with Gasteiger partial charge < -0.3 is 11.1 Å². The van der Waals surface area contributed by atoms with Gasteiger partial charge in [0.1, 0.15) is 0 Å². The van der Waals surface area contributed by atoms with Gasteiger partial charge in [0.25, 0.3) is 0 Å². The van der Waals surface area contributed by atoms with Gasteiger partial charge in [-0.05, 0) is 25.5 Å². The average molecular weight is 295 g/mol. The highest BCUT2D eigenvalue weighted by molar-refractivity contribution is 6.04. The van der Waals surface area contributed by atoms with Crippen LogP contribution in [-0.2, 0) is 0 Å². The summed E-state index contributed by atoms with van der Waals surface area (Å²) in [6.45, 7) is 5.90. The number of nitrogens with two attached hydrogens (primary N) is 1. The van der Waals surface area contributed by atoms with Crippen molar-refractivity contribution in [1.29, 1.82) is 0 Å². The number of aryl methyl sites for hydroxylation is 2. The minimum atomic E-state index is -0.686. The molecule has 20 heavy (non-hydrogen) atoms. The van der Waals surface area contributed by atoms with Crippen molar-refractivity contribution in [3.05, 3.63) is 29.3 Å². The molecule has 0 aliphatic heterocycles. The fraction of sp³-hybridized carbons (Fsp3) is 0.286. The Hall–Kier alpha value is -2.19. The van der Waals surface area contributed by atoms with Crippen molar-refractivity contribution < 1.29 is 4.79 Å². The summed E-state index contributed by atoms with van der Waals surface area (Å²) in [5.74, 6) is 3.01. The molecule has 0 aliphatic carbocycles. The maximum absolute atomic E-state index is 10.9. The van der Waals surface area contributed by atoms with Crippen LogP contribution in [0.4, 0.5) is 10.5 Å². The van der Waals surface area contributed by atoms with Crippen molar-refractivity contribution >= 4 is 30.1 Å². The number of nitrogens with one attached hydrogen (secondary N) is 2. The molecule has 0 radical (unpaired) electrons. The Morgan fingerprint density at radius 1 is 1.40 bits per heavy atom. The van der Waals surface area contributed by atoms with Gasteiger partial charge in [0.15, 0.2) is 0 Å². The zero-order valence-electron chi connectivity index (χ0n) is 11.8. The van der Waals surface area contributed by atoms with Crippen molar-refractivity contribution in [2.45, 2.75) is 27.2 Å². The number of guanidine groups is 1. The van der Waals surface area contributed by atoms with E-state index >= 15 is 0 Å². The molecule has 0 aromatic heterocycles. The summed E-state index contributed by atoms with van der Waals surface area (Å²) in [4.78, 5) is 14.9. The van der Waals surface area contributed by atoms with E-state index in [4.69, 9.17) is 5.73 Å². The molecule has 0 heterocycles. The van der Waals surface area contributed by atoms with Crippen molar-refractivity contribution in [1.82, 2.24) is 5.32 Å². The Balaban J connectivity index is 0.00000361. The lowest BCUT2D eigenvalue weighted by atomic mass is 10.1. The van der Waals surface area contributed by atoms with Crippen molar-refractivity contribution in [2.75, 3.05) is 5.32 Å². The molecule has 2 amide bonds. The number of anilines is 1. The van der Waals surface area contributed by atoms with Crippen molar-refractivity contribution in [2.24, 2.45) is 10.7 Å². The standard InChI is InChI=1S/C14H18N4O.ClH/c1-4-5-8-16-14(18-13(15)19)17-12-7-6-10(2)9-11(12)3;/h6-7,9H,4H2,1-3H3,(H4,15,16,17,18,19);1H. The molecule has 0 spiro atoms. The molecule has 5 nitrogen and oxygen atoms in total. The second kappa shape index (κ2) is 8.83. The predicted molar refractivity (Wildman–Crippen MR) is 85.0 cm³/mol. The van der Waals surface area contributed by atoms with E-state index in [0.717, 1.165) is 16.8 Å². The minimum absolute atomic E-state index is 0. The third-order valence-electron chi connectivity index (χ3n) is 2.30. The predicted octanol–water partition coefficient (Wildman–Crippen LogP) is 2.53. The molecule has 0 saturated heterocycles. The van der Waals surface area contributed by atoms with E-state index in [9.17, 15) is 4.79 Å². The monoisotopic (exact) mass is 294 g/mol. The lowest BCUT2D eigenvalue weighted by Crippen LogP contribution is -2.39. The summed E-state index contributed by atoms with van der Waals surface area (Å²) in [6, 6.07) is 7.82. The SMILES string of the molecule is CCC#CN=C(NC(N)=O)Nc1ccc(C)cc1C.Cl. The summed E-state index contributed by atoms with van der Waals surface area (Å²) in [6.07, 6.45) is 0.691. The van der Waals surface area contributed by atoms with Crippen LogP contribution in [0, 0.1) is 25.8 Å². The number of aliphatic imine (C=N–C) groups is 1. The van der Waals surface area contributed by atoms with Gasteiger partial charge >= 0.3 is 6.03 Å². The molecule has 0 aliphatic rings.